The maximum Gasteiger partial charge on any atom is -0.0134 e. The molecule has 18 heteroatoms. The third kappa shape index (κ3) is 19.0. The first-order chi connectivity index (χ1) is 39.6. The quantitative estimate of drug-likeness (QED) is 0.0388. The van der Waals surface area contributed by atoms with Gasteiger partial charge in [-0.1, -0.05) is 208 Å². The summed E-state index contributed by atoms with van der Waals surface area (Å²) >= 11 is -0.106. The van der Waals surface area contributed by atoms with Crippen molar-refractivity contribution in [2.75, 3.05) is 28.4 Å². The first-order valence-electron chi connectivity index (χ1n) is 24.7. The van der Waals surface area contributed by atoms with E-state index in [4.69, 9.17) is 33.3 Å². The fourth-order valence-corrected chi connectivity index (χ4v) is 13.2. The molecule has 10 rings (SSSR count). The number of benzene rings is 10. The zero-order valence-electron chi connectivity index (χ0n) is 44.8. The SMILES string of the molecule is C.COC(=O)c1cc2cc(OC)ccc2cc1C.COC(=O)c1cc2cc(OC)ccc2cc1OS(=O)(=O)C(F)(F)F.[Cl][Pd][Cl].c1ccc(P(c2ccccc2)c2ccccc2)cc1.c1ccc(P(c2ccccc2)c2ccccc2)cc1. The smallest absolute Gasteiger partial charge is 0.0134 e. The van der Waals surface area contributed by atoms with E-state index in [0.29, 0.717) is 22.1 Å². The second kappa shape index (κ2) is 33.3. The van der Waals surface area contributed by atoms with Crippen LogP contribution in [0.2, 0.25) is 0 Å². The summed E-state index contributed by atoms with van der Waals surface area (Å²) in [6.45, 7) is 1.90. The molecule has 0 saturated heterocycles. The van der Waals surface area contributed by atoms with Crippen LogP contribution < -0.4 is 45.5 Å². The molecule has 9 nitrogen and oxygen atoms in total. The van der Waals surface area contributed by atoms with E-state index < -0.39 is 48.8 Å². The Morgan fingerprint density at radius 1 is 0.434 bits per heavy atom. The van der Waals surface area contributed by atoms with Gasteiger partial charge in [0.25, 0.3) is 0 Å². The van der Waals surface area contributed by atoms with Crippen LogP contribution >= 0.6 is 34.9 Å². The molecule has 0 amide bonds. The molecule has 0 spiro atoms. The van der Waals surface area contributed by atoms with E-state index in [1.807, 2.05) is 37.3 Å². The predicted octanol–water partition coefficient (Wildman–Crippen LogP) is 14.7. The van der Waals surface area contributed by atoms with E-state index in [-0.39, 0.29) is 29.3 Å². The van der Waals surface area contributed by atoms with Crippen LogP contribution in [0.1, 0.15) is 33.7 Å². The fourth-order valence-electron chi connectivity index (χ4n) is 8.09. The molecule has 0 aliphatic rings. The number of aryl methyl sites for hydroxylation is 1. The van der Waals surface area contributed by atoms with Crippen LogP contribution in [0.25, 0.3) is 21.5 Å². The average Bonchev–Trinajstić information content (AvgIpc) is 3.63. The minimum Gasteiger partial charge on any atom is -0.0622 e. The number of alkyl halides is 3. The standard InChI is InChI=1S/2C18H15P.C14H11F3O6S.C14H14O3.CH4.2ClH.Pd/c2*1-4-10-16(11-5-1)19(17-12-6-2-7-13-17)18-14-8-3-9-15-18;1-21-10-4-3-8-7-12(23-24(19,20)14(15,16)17)11(13(18)22-2)6-9(8)5-10;1-9-6-10-4-5-12(16-2)7-11(10)8-13(9)14(15)17-3;;;;/h2*1-15H;3-7H,1-2H3;4-8H,1-3H3;1H4;2*1H;/q;;;;;;;+2/p-2. The molecule has 0 heterocycles. The summed E-state index contributed by atoms with van der Waals surface area (Å²) < 4.78 is 83.4. The number of rotatable bonds is 12. The minimum atomic E-state index is -5.93. The first-order valence-corrected chi connectivity index (χ1v) is 32.8. The van der Waals surface area contributed by atoms with Gasteiger partial charge in [-0.15, -0.1) is 0 Å². The Kier molecular flexibility index (Phi) is 26.7. The van der Waals surface area contributed by atoms with Gasteiger partial charge in [-0.2, -0.15) is 21.6 Å². The molecule has 0 aliphatic carbocycles. The molecule has 0 fully saturated rings. The second-order valence-corrected chi connectivity index (χ2v) is 25.5. The summed E-state index contributed by atoms with van der Waals surface area (Å²) in [6.07, 6.45) is 0. The van der Waals surface area contributed by atoms with Crippen molar-refractivity contribution in [3.63, 3.8) is 0 Å². The van der Waals surface area contributed by atoms with Crippen molar-refractivity contribution in [2.45, 2.75) is 19.9 Å². The largest absolute Gasteiger partial charge is 0.0622 e. The second-order valence-electron chi connectivity index (χ2n) is 17.1. The fraction of sp³-hybridized carbons (Fsp3) is 0.108. The molecule has 0 N–H and O–H groups in total. The molecule has 83 heavy (non-hydrogen) atoms. The maximum atomic E-state index is 12.5. The van der Waals surface area contributed by atoms with Crippen LogP contribution in [0.15, 0.2) is 243 Å². The number of carbonyl (C=O) groups is 2. The molecule has 0 bridgehead atoms. The number of esters is 2. The van der Waals surface area contributed by atoms with Gasteiger partial charge in [-0.25, -0.2) is 9.59 Å². The maximum absolute atomic E-state index is 12.5. The summed E-state index contributed by atoms with van der Waals surface area (Å²) in [5.41, 5.74) is -4.59. The zero-order chi connectivity index (χ0) is 59.1. The van der Waals surface area contributed by atoms with Crippen molar-refractivity contribution in [2.24, 2.45) is 0 Å². The number of ether oxygens (including phenoxy) is 4. The van der Waals surface area contributed by atoms with E-state index in [0.717, 1.165) is 41.3 Å². The summed E-state index contributed by atoms with van der Waals surface area (Å²) in [6, 6.07) is 80.9. The number of hydrogen-bond donors (Lipinski definition) is 0. The van der Waals surface area contributed by atoms with E-state index in [9.17, 15) is 31.2 Å². The van der Waals surface area contributed by atoms with Crippen LogP contribution in [0, 0.1) is 6.92 Å². The monoisotopic (exact) mass is 1310 g/mol. The van der Waals surface area contributed by atoms with Gasteiger partial charge in [0.05, 0.1) is 34.0 Å². The van der Waals surface area contributed by atoms with Crippen molar-refractivity contribution in [3.8, 4) is 17.2 Å². The molecule has 10 aromatic rings. The van der Waals surface area contributed by atoms with Crippen molar-refractivity contribution < 1.29 is 70.2 Å². The Morgan fingerprint density at radius 2 is 0.723 bits per heavy atom. The Hall–Kier alpha value is -7.10. The van der Waals surface area contributed by atoms with Gasteiger partial charge in [0.1, 0.15) is 17.1 Å². The zero-order valence-corrected chi connectivity index (χ0v) is 50.4. The molecule has 0 saturated carbocycles. The Morgan fingerprint density at radius 3 is 1.01 bits per heavy atom. The predicted molar refractivity (Wildman–Crippen MR) is 333 cm³/mol. The summed E-state index contributed by atoms with van der Waals surface area (Å²) in [5, 5.41) is 11.2. The molecular weight excluding hydrogens is 1250 g/mol. The normalized spacial score (nSPS) is 10.7. The number of carbonyl (C=O) groups excluding carboxylic acids is 2. The first kappa shape index (κ1) is 66.7. The molecule has 434 valence electrons. The summed E-state index contributed by atoms with van der Waals surface area (Å²) in [5.74, 6) is -0.928. The number of halogens is 5. The van der Waals surface area contributed by atoms with Gasteiger partial charge in [0.15, 0.2) is 5.75 Å². The van der Waals surface area contributed by atoms with E-state index >= 15 is 0 Å². The molecular formula is C65H59Cl2F3O9P2PdS. The van der Waals surface area contributed by atoms with Crippen LogP contribution in [-0.4, -0.2) is 54.3 Å². The third-order valence-corrected chi connectivity index (χ3v) is 17.8. The number of methoxy groups -OCH3 is 4. The Labute approximate surface area is 502 Å². The van der Waals surface area contributed by atoms with Gasteiger partial charge in [-0.3, -0.25) is 0 Å². The average molecular weight is 1310 g/mol. The molecule has 0 aromatic heterocycles. The van der Waals surface area contributed by atoms with Crippen molar-refractivity contribution >= 4 is 110 Å². The third-order valence-electron chi connectivity index (χ3n) is 11.9. The topological polar surface area (TPSA) is 114 Å². The number of hydrogen-bond acceptors (Lipinski definition) is 9. The Balaban J connectivity index is 0.000000200. The summed E-state index contributed by atoms with van der Waals surface area (Å²) in [7, 11) is 8.23. The van der Waals surface area contributed by atoms with Gasteiger partial charge in [0, 0.05) is 0 Å². The van der Waals surface area contributed by atoms with E-state index in [1.165, 1.54) is 64.2 Å². The molecule has 10 aromatic carbocycles. The summed E-state index contributed by atoms with van der Waals surface area (Å²) in [4.78, 5) is 23.3. The van der Waals surface area contributed by atoms with E-state index in [2.05, 4.69) is 191 Å². The van der Waals surface area contributed by atoms with E-state index in [1.54, 1.807) is 7.11 Å². The van der Waals surface area contributed by atoms with Crippen molar-refractivity contribution in [3.05, 3.63) is 259 Å². The minimum absolute atomic E-state index is 0. The van der Waals surface area contributed by atoms with Crippen LogP contribution in [0.3, 0.4) is 0 Å². The Bertz CT molecular complexity index is 3430. The van der Waals surface area contributed by atoms with Crippen molar-refractivity contribution in [1.82, 2.24) is 0 Å². The molecule has 0 radical (unpaired) electrons. The van der Waals surface area contributed by atoms with Gasteiger partial charge >= 0.3 is 62.6 Å². The van der Waals surface area contributed by atoms with Crippen LogP contribution in [-0.2, 0) is 35.5 Å². The molecule has 0 atom stereocenters. The number of fused-ring (bicyclic) bond motifs is 2. The van der Waals surface area contributed by atoms with Crippen LogP contribution in [0.4, 0.5) is 13.2 Å². The molecule has 0 unspecified atom stereocenters. The molecule has 0 aliphatic heterocycles. The van der Waals surface area contributed by atoms with Crippen molar-refractivity contribution in [1.29, 1.82) is 0 Å². The van der Waals surface area contributed by atoms with Gasteiger partial charge < -0.3 is 23.1 Å². The van der Waals surface area contributed by atoms with Crippen LogP contribution in [0.5, 0.6) is 17.2 Å². The van der Waals surface area contributed by atoms with Gasteiger partial charge in [-0.05, 0) is 124 Å². The van der Waals surface area contributed by atoms with Gasteiger partial charge in [0.2, 0.25) is 0 Å².